The highest BCUT2D eigenvalue weighted by atomic mass is 35.5. The lowest BCUT2D eigenvalue weighted by atomic mass is 10.2. The van der Waals surface area contributed by atoms with Gasteiger partial charge in [-0.15, -0.1) is 17.9 Å². The SMILES string of the molecule is C=CCN(c1ccccc1Cl)S(=O)(=O)c1cccc(C(=O)NCc2nc3ccccc3s2)c1. The van der Waals surface area contributed by atoms with Gasteiger partial charge in [0.1, 0.15) is 5.01 Å². The summed E-state index contributed by atoms with van der Waals surface area (Å²) in [6.45, 7) is 3.93. The fraction of sp³-hybridized carbons (Fsp3) is 0.0833. The van der Waals surface area contributed by atoms with Crippen molar-refractivity contribution in [3.8, 4) is 0 Å². The second-order valence-corrected chi connectivity index (χ2v) is 10.4. The molecule has 0 aliphatic carbocycles. The van der Waals surface area contributed by atoms with Crippen LogP contribution in [0, 0.1) is 0 Å². The van der Waals surface area contributed by atoms with Crippen LogP contribution in [-0.4, -0.2) is 25.9 Å². The average Bonchev–Trinajstić information content (AvgIpc) is 3.25. The number of para-hydroxylation sites is 2. The molecule has 6 nitrogen and oxygen atoms in total. The number of nitrogens with zero attached hydrogens (tertiary/aromatic N) is 2. The van der Waals surface area contributed by atoms with Crippen LogP contribution < -0.4 is 9.62 Å². The number of anilines is 1. The monoisotopic (exact) mass is 497 g/mol. The zero-order valence-corrected chi connectivity index (χ0v) is 19.8. The number of hydrogen-bond acceptors (Lipinski definition) is 5. The van der Waals surface area contributed by atoms with E-state index in [2.05, 4.69) is 16.9 Å². The molecule has 9 heteroatoms. The molecule has 0 aliphatic heterocycles. The quantitative estimate of drug-likeness (QED) is 0.337. The first-order chi connectivity index (χ1) is 15.9. The number of aromatic nitrogens is 1. The number of nitrogens with one attached hydrogen (secondary N) is 1. The van der Waals surface area contributed by atoms with E-state index < -0.39 is 10.0 Å². The minimum atomic E-state index is -3.99. The van der Waals surface area contributed by atoms with Crippen molar-refractivity contribution >= 4 is 54.8 Å². The van der Waals surface area contributed by atoms with Gasteiger partial charge in [0.15, 0.2) is 0 Å². The van der Waals surface area contributed by atoms with Crippen LogP contribution >= 0.6 is 22.9 Å². The van der Waals surface area contributed by atoms with Crippen molar-refractivity contribution in [3.05, 3.63) is 101 Å². The van der Waals surface area contributed by atoms with Crippen molar-refractivity contribution < 1.29 is 13.2 Å². The second-order valence-electron chi connectivity index (χ2n) is 7.06. The van der Waals surface area contributed by atoms with Crippen LogP contribution in [0.2, 0.25) is 5.02 Å². The molecule has 1 amide bonds. The number of hydrogen-bond donors (Lipinski definition) is 1. The lowest BCUT2D eigenvalue weighted by molar-refractivity contribution is 0.0950. The highest BCUT2D eigenvalue weighted by Gasteiger charge is 2.26. The number of thiazole rings is 1. The van der Waals surface area contributed by atoms with Gasteiger partial charge in [-0.1, -0.05) is 48.0 Å². The van der Waals surface area contributed by atoms with E-state index >= 15 is 0 Å². The highest BCUT2D eigenvalue weighted by Crippen LogP contribution is 2.30. The van der Waals surface area contributed by atoms with Gasteiger partial charge in [-0.3, -0.25) is 9.10 Å². The Morgan fingerprint density at radius 2 is 1.85 bits per heavy atom. The number of amides is 1. The Morgan fingerprint density at radius 1 is 1.09 bits per heavy atom. The molecule has 4 rings (SSSR count). The smallest absolute Gasteiger partial charge is 0.264 e. The van der Waals surface area contributed by atoms with Gasteiger partial charge in [-0.25, -0.2) is 13.4 Å². The van der Waals surface area contributed by atoms with Crippen LogP contribution in [-0.2, 0) is 16.6 Å². The van der Waals surface area contributed by atoms with E-state index in [0.29, 0.717) is 10.7 Å². The van der Waals surface area contributed by atoms with E-state index in [-0.39, 0.29) is 29.5 Å². The number of halogens is 1. The molecule has 4 aromatic rings. The topological polar surface area (TPSA) is 79.4 Å². The second kappa shape index (κ2) is 9.74. The summed E-state index contributed by atoms with van der Waals surface area (Å²) in [6.07, 6.45) is 1.48. The van der Waals surface area contributed by atoms with Gasteiger partial charge < -0.3 is 5.32 Å². The van der Waals surface area contributed by atoms with Crippen molar-refractivity contribution in [2.75, 3.05) is 10.8 Å². The van der Waals surface area contributed by atoms with Crippen LogP contribution in [0.3, 0.4) is 0 Å². The molecular weight excluding hydrogens is 478 g/mol. The van der Waals surface area contributed by atoms with Gasteiger partial charge in [0.25, 0.3) is 15.9 Å². The molecular formula is C24H20ClN3O3S2. The van der Waals surface area contributed by atoms with E-state index in [4.69, 9.17) is 11.6 Å². The van der Waals surface area contributed by atoms with Crippen molar-refractivity contribution in [1.82, 2.24) is 10.3 Å². The van der Waals surface area contributed by atoms with Crippen molar-refractivity contribution in [3.63, 3.8) is 0 Å². The summed E-state index contributed by atoms with van der Waals surface area (Å²) in [4.78, 5) is 17.2. The molecule has 168 valence electrons. The van der Waals surface area contributed by atoms with Crippen molar-refractivity contribution in [2.45, 2.75) is 11.4 Å². The van der Waals surface area contributed by atoms with Gasteiger partial charge in [-0.2, -0.15) is 0 Å². The minimum absolute atomic E-state index is 0.0168. The number of carbonyl (C=O) groups is 1. The van der Waals surface area contributed by atoms with Gasteiger partial charge in [-0.05, 0) is 42.5 Å². The molecule has 1 N–H and O–H groups in total. The third-order valence-corrected chi connectivity index (χ3v) is 7.97. The van der Waals surface area contributed by atoms with Gasteiger partial charge in [0.05, 0.1) is 38.9 Å². The Labute approximate surface area is 201 Å². The van der Waals surface area contributed by atoms with Crippen LogP contribution in [0.25, 0.3) is 10.2 Å². The molecule has 33 heavy (non-hydrogen) atoms. The summed E-state index contributed by atoms with van der Waals surface area (Å²) in [5.41, 5.74) is 1.45. The third kappa shape index (κ3) is 4.93. The lowest BCUT2D eigenvalue weighted by Gasteiger charge is -2.24. The Bertz CT molecular complexity index is 1400. The normalized spacial score (nSPS) is 11.3. The number of rotatable bonds is 8. The van der Waals surface area contributed by atoms with Crippen LogP contribution in [0.1, 0.15) is 15.4 Å². The van der Waals surface area contributed by atoms with E-state index in [0.717, 1.165) is 15.2 Å². The van der Waals surface area contributed by atoms with Crippen molar-refractivity contribution in [1.29, 1.82) is 0 Å². The maximum atomic E-state index is 13.4. The molecule has 1 heterocycles. The number of fused-ring (bicyclic) bond motifs is 1. The fourth-order valence-corrected chi connectivity index (χ4v) is 5.97. The molecule has 0 unspecified atom stereocenters. The van der Waals surface area contributed by atoms with Crippen LogP contribution in [0.15, 0.2) is 90.3 Å². The van der Waals surface area contributed by atoms with Crippen LogP contribution in [0.5, 0.6) is 0 Å². The van der Waals surface area contributed by atoms with Crippen molar-refractivity contribution in [2.24, 2.45) is 0 Å². The Morgan fingerprint density at radius 3 is 2.61 bits per heavy atom. The summed E-state index contributed by atoms with van der Waals surface area (Å²) in [6, 6.07) is 20.3. The minimum Gasteiger partial charge on any atom is -0.346 e. The van der Waals surface area contributed by atoms with Gasteiger partial charge in [0, 0.05) is 5.56 Å². The summed E-state index contributed by atoms with van der Waals surface area (Å²) >= 11 is 7.75. The van der Waals surface area contributed by atoms with E-state index in [1.54, 1.807) is 30.3 Å². The number of carbonyl (C=O) groups excluding carboxylic acids is 1. The van der Waals surface area contributed by atoms with Crippen LogP contribution in [0.4, 0.5) is 5.69 Å². The first kappa shape index (κ1) is 23.0. The molecule has 0 saturated heterocycles. The summed E-state index contributed by atoms with van der Waals surface area (Å²) < 4.78 is 29.0. The maximum absolute atomic E-state index is 13.4. The predicted octanol–water partition coefficient (Wildman–Crippen LogP) is 5.26. The Kier molecular flexibility index (Phi) is 6.78. The largest absolute Gasteiger partial charge is 0.346 e. The lowest BCUT2D eigenvalue weighted by Crippen LogP contribution is -2.31. The zero-order valence-electron chi connectivity index (χ0n) is 17.4. The molecule has 1 aromatic heterocycles. The molecule has 0 atom stereocenters. The standard InChI is InChI=1S/C24H20ClN3O3S2/c1-2-14-28(21-12-5-3-10-19(21)25)33(30,31)18-9-7-8-17(15-18)24(29)26-16-23-27-20-11-4-6-13-22(20)32-23/h2-13,15H,1,14,16H2,(H,26,29). The van der Waals surface area contributed by atoms with Gasteiger partial charge >= 0.3 is 0 Å². The highest BCUT2D eigenvalue weighted by molar-refractivity contribution is 7.92. The average molecular weight is 498 g/mol. The number of benzene rings is 3. The molecule has 0 spiro atoms. The predicted molar refractivity (Wildman–Crippen MR) is 133 cm³/mol. The molecule has 0 bridgehead atoms. The van der Waals surface area contributed by atoms with E-state index in [1.165, 1.54) is 39.9 Å². The first-order valence-corrected chi connectivity index (χ1v) is 12.6. The third-order valence-electron chi connectivity index (χ3n) is 4.84. The zero-order chi connectivity index (χ0) is 23.4. The Balaban J connectivity index is 1.57. The molecule has 0 radical (unpaired) electrons. The van der Waals surface area contributed by atoms with E-state index in [1.807, 2.05) is 24.3 Å². The Hall–Kier alpha value is -3.20. The number of sulfonamides is 1. The molecule has 0 fully saturated rings. The summed E-state index contributed by atoms with van der Waals surface area (Å²) in [5, 5.41) is 3.88. The molecule has 0 aliphatic rings. The summed E-state index contributed by atoms with van der Waals surface area (Å²) in [5.74, 6) is -0.390. The van der Waals surface area contributed by atoms with E-state index in [9.17, 15) is 13.2 Å². The first-order valence-electron chi connectivity index (χ1n) is 10.0. The molecule has 3 aromatic carbocycles. The fourth-order valence-electron chi connectivity index (χ4n) is 3.28. The maximum Gasteiger partial charge on any atom is 0.264 e. The molecule has 0 saturated carbocycles. The van der Waals surface area contributed by atoms with Gasteiger partial charge in [0.2, 0.25) is 0 Å². The summed E-state index contributed by atoms with van der Waals surface area (Å²) in [7, 11) is -3.99.